The summed E-state index contributed by atoms with van der Waals surface area (Å²) in [4.78, 5) is 23.7. The Balaban J connectivity index is 1.55. The third-order valence-corrected chi connectivity index (χ3v) is 5.19. The maximum absolute atomic E-state index is 12.3. The highest BCUT2D eigenvalue weighted by molar-refractivity contribution is 7.99. The van der Waals surface area contributed by atoms with Crippen LogP contribution in [0.2, 0.25) is 0 Å². The van der Waals surface area contributed by atoms with Gasteiger partial charge in [-0.2, -0.15) is 0 Å². The van der Waals surface area contributed by atoms with E-state index in [0.717, 1.165) is 12.8 Å². The Morgan fingerprint density at radius 2 is 2.00 bits per heavy atom. The monoisotopic (exact) mass is 413 g/mol. The normalized spacial score (nSPS) is 11.9. The first-order chi connectivity index (χ1) is 14.0. The van der Waals surface area contributed by atoms with Crippen LogP contribution in [0.1, 0.15) is 18.9 Å². The zero-order chi connectivity index (χ0) is 20.6. The topological polar surface area (TPSA) is 116 Å². The summed E-state index contributed by atoms with van der Waals surface area (Å²) in [5.41, 5.74) is 6.59. The van der Waals surface area contributed by atoms with Gasteiger partial charge in [0.25, 0.3) is 0 Å². The van der Waals surface area contributed by atoms with Gasteiger partial charge in [0, 0.05) is 6.04 Å². The summed E-state index contributed by atoms with van der Waals surface area (Å²) in [6, 6.07) is 13.6. The lowest BCUT2D eigenvalue weighted by Crippen LogP contribution is -2.34. The van der Waals surface area contributed by atoms with Crippen LogP contribution in [0.5, 0.6) is 0 Å². The molecule has 0 fully saturated rings. The van der Waals surface area contributed by atoms with E-state index < -0.39 is 5.91 Å². The van der Waals surface area contributed by atoms with Crippen LogP contribution < -0.4 is 11.1 Å². The van der Waals surface area contributed by atoms with Gasteiger partial charge in [-0.25, -0.2) is 0 Å². The van der Waals surface area contributed by atoms with E-state index in [0.29, 0.717) is 16.7 Å². The number of nitrogens with one attached hydrogen (secondary N) is 1. The van der Waals surface area contributed by atoms with Gasteiger partial charge >= 0.3 is 0 Å². The lowest BCUT2D eigenvalue weighted by atomic mass is 10.1. The Kier molecular flexibility index (Phi) is 7.07. The van der Waals surface area contributed by atoms with Crippen molar-refractivity contribution in [2.24, 2.45) is 5.73 Å². The van der Waals surface area contributed by atoms with E-state index in [1.165, 1.54) is 23.6 Å². The molecule has 2 aromatic heterocycles. The molecule has 1 aromatic carbocycles. The number of benzene rings is 1. The molecular formula is C20H23N5O3S. The Labute approximate surface area is 172 Å². The number of amides is 2. The predicted octanol–water partition coefficient (Wildman–Crippen LogP) is 2.25. The number of hydrogen-bond acceptors (Lipinski definition) is 6. The first kappa shape index (κ1) is 20.7. The first-order valence-corrected chi connectivity index (χ1v) is 10.2. The summed E-state index contributed by atoms with van der Waals surface area (Å²) in [5.74, 6) is 0.393. The van der Waals surface area contributed by atoms with Crippen molar-refractivity contribution in [2.75, 3.05) is 5.75 Å². The smallest absolute Gasteiger partial charge is 0.237 e. The number of rotatable bonds is 10. The molecule has 9 heteroatoms. The van der Waals surface area contributed by atoms with Crippen LogP contribution in [0.3, 0.4) is 0 Å². The highest BCUT2D eigenvalue weighted by Crippen LogP contribution is 2.24. The summed E-state index contributed by atoms with van der Waals surface area (Å²) in [6.45, 7) is 1.89. The van der Waals surface area contributed by atoms with Gasteiger partial charge in [0.2, 0.25) is 17.6 Å². The molecule has 0 radical (unpaired) electrons. The quantitative estimate of drug-likeness (QED) is 0.493. The molecule has 0 saturated heterocycles. The third kappa shape index (κ3) is 5.95. The van der Waals surface area contributed by atoms with E-state index >= 15 is 0 Å². The van der Waals surface area contributed by atoms with Crippen LogP contribution in [0.15, 0.2) is 58.3 Å². The van der Waals surface area contributed by atoms with E-state index in [1.807, 2.05) is 25.1 Å². The second-order valence-electron chi connectivity index (χ2n) is 6.62. The van der Waals surface area contributed by atoms with Crippen LogP contribution in [-0.4, -0.2) is 38.4 Å². The van der Waals surface area contributed by atoms with E-state index in [2.05, 4.69) is 27.6 Å². The number of furan rings is 1. The minimum Gasteiger partial charge on any atom is -0.461 e. The first-order valence-electron chi connectivity index (χ1n) is 9.24. The van der Waals surface area contributed by atoms with Crippen LogP contribution in [0.25, 0.3) is 11.6 Å². The molecule has 0 unspecified atom stereocenters. The average molecular weight is 414 g/mol. The summed E-state index contributed by atoms with van der Waals surface area (Å²) >= 11 is 1.20. The molecule has 2 heterocycles. The predicted molar refractivity (Wildman–Crippen MR) is 110 cm³/mol. The maximum Gasteiger partial charge on any atom is 0.237 e. The number of nitrogens with two attached hydrogens (primary N) is 1. The molecule has 0 spiro atoms. The summed E-state index contributed by atoms with van der Waals surface area (Å²) in [5, 5.41) is 11.6. The fraction of sp³-hybridized carbons (Fsp3) is 0.300. The molecule has 0 aliphatic heterocycles. The lowest BCUT2D eigenvalue weighted by Gasteiger charge is -2.14. The van der Waals surface area contributed by atoms with Crippen molar-refractivity contribution in [3.63, 3.8) is 0 Å². The Morgan fingerprint density at radius 3 is 2.69 bits per heavy atom. The molecule has 29 heavy (non-hydrogen) atoms. The lowest BCUT2D eigenvalue weighted by molar-refractivity contribution is -0.119. The minimum absolute atomic E-state index is 0.0467. The van der Waals surface area contributed by atoms with Crippen molar-refractivity contribution < 1.29 is 14.0 Å². The van der Waals surface area contributed by atoms with Gasteiger partial charge in [-0.05, 0) is 37.5 Å². The third-order valence-electron chi connectivity index (χ3n) is 4.22. The number of hydrogen-bond donors (Lipinski definition) is 2. The highest BCUT2D eigenvalue weighted by Gasteiger charge is 2.19. The highest BCUT2D eigenvalue weighted by atomic mass is 32.2. The molecule has 0 aliphatic rings. The molecule has 3 rings (SSSR count). The Bertz CT molecular complexity index is 940. The van der Waals surface area contributed by atoms with Crippen LogP contribution >= 0.6 is 11.8 Å². The summed E-state index contributed by atoms with van der Waals surface area (Å²) < 4.78 is 6.89. The number of nitrogens with zero attached hydrogens (tertiary/aromatic N) is 3. The van der Waals surface area contributed by atoms with Gasteiger partial charge in [-0.3, -0.25) is 14.2 Å². The van der Waals surface area contributed by atoms with Gasteiger partial charge in [0.15, 0.2) is 10.9 Å². The molecule has 3 N–H and O–H groups in total. The van der Waals surface area contributed by atoms with Gasteiger partial charge in [-0.15, -0.1) is 10.2 Å². The van der Waals surface area contributed by atoms with Crippen LogP contribution in [0, 0.1) is 0 Å². The minimum atomic E-state index is -0.529. The van der Waals surface area contributed by atoms with Crippen LogP contribution in [-0.2, 0) is 22.6 Å². The van der Waals surface area contributed by atoms with E-state index in [4.69, 9.17) is 10.2 Å². The molecule has 2 amide bonds. The second kappa shape index (κ2) is 9.92. The fourth-order valence-electron chi connectivity index (χ4n) is 2.83. The van der Waals surface area contributed by atoms with Gasteiger partial charge < -0.3 is 15.5 Å². The Hall–Kier alpha value is -3.07. The SMILES string of the molecule is C[C@H](CCc1ccccc1)NC(=O)CSc1nnc(-c2ccco2)n1CC(N)=O. The number of carbonyl (C=O) groups is 2. The molecule has 8 nitrogen and oxygen atoms in total. The number of carbonyl (C=O) groups excluding carboxylic acids is 2. The fourth-order valence-corrected chi connectivity index (χ4v) is 3.58. The molecule has 3 aromatic rings. The average Bonchev–Trinajstić information content (AvgIpc) is 3.35. The number of aromatic nitrogens is 3. The van der Waals surface area contributed by atoms with Crippen molar-refractivity contribution in [2.45, 2.75) is 37.5 Å². The van der Waals surface area contributed by atoms with Crippen molar-refractivity contribution >= 4 is 23.6 Å². The molecule has 0 bridgehead atoms. The van der Waals surface area contributed by atoms with Gasteiger partial charge in [0.1, 0.15) is 6.54 Å². The molecule has 1 atom stereocenters. The van der Waals surface area contributed by atoms with Crippen molar-refractivity contribution in [1.29, 1.82) is 0 Å². The number of thioether (sulfide) groups is 1. The van der Waals surface area contributed by atoms with Gasteiger partial charge in [0.05, 0.1) is 12.0 Å². The number of primary amides is 1. The van der Waals surface area contributed by atoms with E-state index in [-0.39, 0.29) is 24.2 Å². The zero-order valence-electron chi connectivity index (χ0n) is 16.1. The Morgan fingerprint density at radius 1 is 1.21 bits per heavy atom. The second-order valence-corrected chi connectivity index (χ2v) is 7.56. The molecular weight excluding hydrogens is 390 g/mol. The summed E-state index contributed by atoms with van der Waals surface area (Å²) in [7, 11) is 0. The van der Waals surface area contributed by atoms with Crippen molar-refractivity contribution in [1.82, 2.24) is 20.1 Å². The summed E-state index contributed by atoms with van der Waals surface area (Å²) in [6.07, 6.45) is 3.26. The largest absolute Gasteiger partial charge is 0.461 e. The molecule has 0 aliphatic carbocycles. The van der Waals surface area contributed by atoms with Crippen molar-refractivity contribution in [3.05, 3.63) is 54.3 Å². The van der Waals surface area contributed by atoms with E-state index in [9.17, 15) is 9.59 Å². The van der Waals surface area contributed by atoms with E-state index in [1.54, 1.807) is 16.7 Å². The molecule has 152 valence electrons. The maximum atomic E-state index is 12.3. The van der Waals surface area contributed by atoms with Gasteiger partial charge in [-0.1, -0.05) is 42.1 Å². The van der Waals surface area contributed by atoms with Crippen LogP contribution in [0.4, 0.5) is 0 Å². The molecule has 0 saturated carbocycles. The number of aryl methyl sites for hydroxylation is 1. The van der Waals surface area contributed by atoms with Crippen molar-refractivity contribution in [3.8, 4) is 11.6 Å². The zero-order valence-corrected chi connectivity index (χ0v) is 16.9. The standard InChI is InChI=1S/C20H23N5O3S/c1-14(9-10-15-6-3-2-4-7-15)22-18(27)13-29-20-24-23-19(16-8-5-11-28-16)25(20)12-17(21)26/h2-8,11,14H,9-10,12-13H2,1H3,(H2,21,26)(H,22,27)/t14-/m1/s1.